The maximum absolute atomic E-state index is 15.0. The van der Waals surface area contributed by atoms with Gasteiger partial charge in [0.05, 0.1) is 5.92 Å². The number of carbonyl (C=O) groups is 3. The minimum Gasteiger partial charge on any atom is -0.444 e. The van der Waals surface area contributed by atoms with E-state index in [0.717, 1.165) is 51.9 Å². The van der Waals surface area contributed by atoms with Gasteiger partial charge in [-0.25, -0.2) is 13.6 Å². The van der Waals surface area contributed by atoms with Gasteiger partial charge in [-0.2, -0.15) is 0 Å². The van der Waals surface area contributed by atoms with Gasteiger partial charge in [0.1, 0.15) is 17.2 Å². The summed E-state index contributed by atoms with van der Waals surface area (Å²) in [5, 5.41) is 2.17. The number of piperidine rings is 2. The second-order valence-corrected chi connectivity index (χ2v) is 12.4. The number of halogens is 2. The van der Waals surface area contributed by atoms with Crippen molar-refractivity contribution in [1.29, 1.82) is 0 Å². The molecule has 0 radical (unpaired) electrons. The Morgan fingerprint density at radius 3 is 2.16 bits per heavy atom. The number of anilines is 1. The van der Waals surface area contributed by atoms with E-state index in [-0.39, 0.29) is 24.5 Å². The predicted octanol–water partition coefficient (Wildman–Crippen LogP) is 3.79. The molecule has 4 aliphatic rings. The topological polar surface area (TPSA) is 82.2 Å². The van der Waals surface area contributed by atoms with Gasteiger partial charge < -0.3 is 14.5 Å². The molecule has 10 heteroatoms. The van der Waals surface area contributed by atoms with Gasteiger partial charge in [-0.05, 0) is 70.4 Å². The molecule has 1 aliphatic carbocycles. The third-order valence-electron chi connectivity index (χ3n) is 8.66. The molecular weight excluding hydrogens is 494 g/mol. The Balaban J connectivity index is 1.11. The highest BCUT2D eigenvalue weighted by atomic mass is 19.1. The van der Waals surface area contributed by atoms with Crippen LogP contribution in [0.2, 0.25) is 0 Å². The number of nitrogens with zero attached hydrogens (tertiary/aromatic N) is 3. The number of hydrogen-bond acceptors (Lipinski definition) is 6. The van der Waals surface area contributed by atoms with Crippen LogP contribution in [0.5, 0.6) is 0 Å². The highest BCUT2D eigenvalue weighted by molar-refractivity contribution is 6.01. The minimum absolute atomic E-state index is 0.0729. The van der Waals surface area contributed by atoms with E-state index >= 15 is 0 Å². The summed E-state index contributed by atoms with van der Waals surface area (Å²) in [4.78, 5) is 42.2. The number of hydrogen-bond donors (Lipinski definition) is 1. The van der Waals surface area contributed by atoms with Crippen molar-refractivity contribution in [2.24, 2.45) is 5.41 Å². The summed E-state index contributed by atoms with van der Waals surface area (Å²) >= 11 is 0. The van der Waals surface area contributed by atoms with Crippen LogP contribution < -0.4 is 10.2 Å². The molecule has 1 N–H and O–H groups in total. The van der Waals surface area contributed by atoms with Gasteiger partial charge in [0.2, 0.25) is 11.8 Å². The lowest BCUT2D eigenvalue weighted by Crippen LogP contribution is -2.59. The lowest BCUT2D eigenvalue weighted by Gasteiger charge is -2.56. The molecule has 208 valence electrons. The van der Waals surface area contributed by atoms with Crippen LogP contribution in [0.4, 0.5) is 19.3 Å². The number of carbonyl (C=O) groups excluding carboxylic acids is 3. The van der Waals surface area contributed by atoms with E-state index < -0.39 is 35.0 Å². The normalized spacial score (nSPS) is 24.8. The SMILES string of the molecule is CC(C)(C)OC(=O)N1CCC2(CC1)CC(N1CCN(c3cc(F)c(C4CCC(=O)NC4=O)c(F)c3)CC1)C2. The zero-order valence-electron chi connectivity index (χ0n) is 22.5. The molecule has 38 heavy (non-hydrogen) atoms. The molecule has 8 nitrogen and oxygen atoms in total. The average molecular weight is 533 g/mol. The molecule has 5 rings (SSSR count). The first-order chi connectivity index (χ1) is 17.9. The Morgan fingerprint density at radius 1 is 1.00 bits per heavy atom. The van der Waals surface area contributed by atoms with Crippen molar-refractivity contribution < 1.29 is 27.9 Å². The van der Waals surface area contributed by atoms with Crippen LogP contribution in [0.15, 0.2) is 12.1 Å². The van der Waals surface area contributed by atoms with Gasteiger partial charge in [0, 0.05) is 63.0 Å². The van der Waals surface area contributed by atoms with E-state index in [0.29, 0.717) is 30.2 Å². The molecule has 1 unspecified atom stereocenters. The van der Waals surface area contributed by atoms with Crippen LogP contribution in [-0.2, 0) is 14.3 Å². The molecule has 1 saturated carbocycles. The molecular formula is C28H38F2N4O4. The number of rotatable bonds is 3. The molecule has 3 amide bonds. The van der Waals surface area contributed by atoms with Crippen molar-refractivity contribution in [3.8, 4) is 0 Å². The zero-order valence-corrected chi connectivity index (χ0v) is 22.5. The van der Waals surface area contributed by atoms with E-state index in [1.807, 2.05) is 30.6 Å². The van der Waals surface area contributed by atoms with E-state index in [9.17, 15) is 23.2 Å². The Labute approximate surface area is 222 Å². The summed E-state index contributed by atoms with van der Waals surface area (Å²) in [6.07, 6.45) is 4.21. The van der Waals surface area contributed by atoms with Crippen molar-refractivity contribution in [3.05, 3.63) is 29.3 Å². The van der Waals surface area contributed by atoms with Crippen LogP contribution in [0.25, 0.3) is 0 Å². The van der Waals surface area contributed by atoms with Gasteiger partial charge in [0.15, 0.2) is 0 Å². The lowest BCUT2D eigenvalue weighted by molar-refractivity contribution is -0.134. The highest BCUT2D eigenvalue weighted by Gasteiger charge is 2.48. The molecule has 1 spiro atoms. The van der Waals surface area contributed by atoms with Gasteiger partial charge in [0.25, 0.3) is 0 Å². The Kier molecular flexibility index (Phi) is 7.13. The first-order valence-corrected chi connectivity index (χ1v) is 13.7. The van der Waals surface area contributed by atoms with E-state index in [1.165, 1.54) is 12.1 Å². The summed E-state index contributed by atoms with van der Waals surface area (Å²) < 4.78 is 35.5. The van der Waals surface area contributed by atoms with Gasteiger partial charge in [-0.1, -0.05) is 0 Å². The molecule has 1 atom stereocenters. The quantitative estimate of drug-likeness (QED) is 0.597. The molecule has 0 bridgehead atoms. The second-order valence-electron chi connectivity index (χ2n) is 12.4. The smallest absolute Gasteiger partial charge is 0.410 e. The largest absolute Gasteiger partial charge is 0.444 e. The van der Waals surface area contributed by atoms with E-state index in [2.05, 4.69) is 10.2 Å². The number of imide groups is 1. The van der Waals surface area contributed by atoms with Crippen molar-refractivity contribution in [1.82, 2.24) is 15.1 Å². The number of ether oxygens (including phenoxy) is 1. The van der Waals surface area contributed by atoms with Gasteiger partial charge in [-0.3, -0.25) is 19.8 Å². The minimum atomic E-state index is -0.986. The third-order valence-corrected chi connectivity index (χ3v) is 8.66. The summed E-state index contributed by atoms with van der Waals surface area (Å²) in [5.74, 6) is -3.52. The molecule has 1 aromatic carbocycles. The zero-order chi connectivity index (χ0) is 27.2. The molecule has 4 fully saturated rings. The third kappa shape index (κ3) is 5.51. The van der Waals surface area contributed by atoms with Crippen LogP contribution >= 0.6 is 0 Å². The maximum Gasteiger partial charge on any atom is 0.410 e. The van der Waals surface area contributed by atoms with Crippen molar-refractivity contribution in [2.75, 3.05) is 44.2 Å². The predicted molar refractivity (Wildman–Crippen MR) is 138 cm³/mol. The Morgan fingerprint density at radius 2 is 1.61 bits per heavy atom. The Hall–Kier alpha value is -2.75. The number of likely N-dealkylation sites (tertiary alicyclic amines) is 1. The van der Waals surface area contributed by atoms with Crippen LogP contribution in [0.1, 0.15) is 70.8 Å². The van der Waals surface area contributed by atoms with E-state index in [4.69, 9.17) is 4.74 Å². The second kappa shape index (κ2) is 10.1. The summed E-state index contributed by atoms with van der Waals surface area (Å²) in [6.45, 7) is 10.1. The number of piperazine rings is 1. The monoisotopic (exact) mass is 532 g/mol. The average Bonchev–Trinajstić information content (AvgIpc) is 2.82. The number of benzene rings is 1. The summed E-state index contributed by atoms with van der Waals surface area (Å²) in [6, 6.07) is 3.14. The first kappa shape index (κ1) is 26.8. The molecule has 3 heterocycles. The summed E-state index contributed by atoms with van der Waals surface area (Å²) in [7, 11) is 0. The van der Waals surface area contributed by atoms with Crippen molar-refractivity contribution >= 4 is 23.6 Å². The van der Waals surface area contributed by atoms with Crippen LogP contribution in [-0.4, -0.2) is 78.6 Å². The first-order valence-electron chi connectivity index (χ1n) is 13.7. The van der Waals surface area contributed by atoms with Crippen molar-refractivity contribution in [3.63, 3.8) is 0 Å². The van der Waals surface area contributed by atoms with Crippen LogP contribution in [0.3, 0.4) is 0 Å². The molecule has 3 aliphatic heterocycles. The Bertz CT molecular complexity index is 1070. The van der Waals surface area contributed by atoms with E-state index in [1.54, 1.807) is 0 Å². The molecule has 0 aromatic heterocycles. The molecule has 1 aromatic rings. The standard InChI is InChI=1S/C28H38F2N4O4/c1-27(2,3)38-26(37)34-8-6-28(7-9-34)16-19(17-28)33-12-10-32(11-13-33)18-14-21(29)24(22(30)15-18)20-4-5-23(35)31-25(20)36/h14-15,19-20H,4-13,16-17H2,1-3H3,(H,31,35,36). The summed E-state index contributed by atoms with van der Waals surface area (Å²) in [5.41, 5.74) is 0.0479. The lowest BCUT2D eigenvalue weighted by atomic mass is 9.60. The fraction of sp³-hybridized carbons (Fsp3) is 0.679. The van der Waals surface area contributed by atoms with Crippen LogP contribution in [0, 0.1) is 17.0 Å². The number of nitrogens with one attached hydrogen (secondary N) is 1. The maximum atomic E-state index is 15.0. The van der Waals surface area contributed by atoms with Gasteiger partial charge >= 0.3 is 6.09 Å². The molecule has 3 saturated heterocycles. The number of amides is 3. The fourth-order valence-corrected chi connectivity index (χ4v) is 6.50. The fourth-order valence-electron chi connectivity index (χ4n) is 6.50. The van der Waals surface area contributed by atoms with Gasteiger partial charge in [-0.15, -0.1) is 0 Å². The van der Waals surface area contributed by atoms with Crippen molar-refractivity contribution in [2.45, 2.75) is 76.9 Å². The highest BCUT2D eigenvalue weighted by Crippen LogP contribution is 2.51.